The lowest BCUT2D eigenvalue weighted by Gasteiger charge is -2.09. The summed E-state index contributed by atoms with van der Waals surface area (Å²) < 4.78 is 32.3. The highest BCUT2D eigenvalue weighted by Gasteiger charge is 2.14. The maximum Gasteiger partial charge on any atom is 0.240 e. The van der Waals surface area contributed by atoms with Crippen LogP contribution in [-0.4, -0.2) is 27.8 Å². The Hall–Kier alpha value is -1.21. The molecule has 1 N–H and O–H groups in total. The molecule has 0 saturated heterocycles. The molecule has 0 saturated carbocycles. The molecule has 0 aliphatic rings. The minimum atomic E-state index is -3.51. The number of methoxy groups -OCH3 is 1. The zero-order valence-corrected chi connectivity index (χ0v) is 15.3. The van der Waals surface area contributed by atoms with Crippen LogP contribution in [0.5, 0.6) is 5.75 Å². The van der Waals surface area contributed by atoms with Crippen LogP contribution in [0.4, 0.5) is 0 Å². The van der Waals surface area contributed by atoms with Crippen molar-refractivity contribution in [1.29, 1.82) is 0 Å². The Morgan fingerprint density at radius 1 is 1.17 bits per heavy atom. The van der Waals surface area contributed by atoms with Gasteiger partial charge in [-0.2, -0.15) is 0 Å². The molecule has 0 aliphatic heterocycles. The zero-order valence-electron chi connectivity index (χ0n) is 12.9. The Morgan fingerprint density at radius 2 is 1.87 bits per heavy atom. The molecular weight excluding hydrogens is 354 g/mol. The van der Waals surface area contributed by atoms with Gasteiger partial charge in [-0.25, -0.2) is 13.1 Å². The van der Waals surface area contributed by atoms with E-state index < -0.39 is 10.0 Å². The first-order valence-electron chi connectivity index (χ1n) is 6.95. The van der Waals surface area contributed by atoms with Gasteiger partial charge in [0.2, 0.25) is 10.0 Å². The fourth-order valence-corrected chi connectivity index (χ4v) is 4.12. The predicted octanol–water partition coefficient (Wildman–Crippen LogP) is 3.73. The number of aryl methyl sites for hydroxylation is 1. The third-order valence-corrected chi connectivity index (χ3v) is 5.88. The summed E-state index contributed by atoms with van der Waals surface area (Å²) in [5.41, 5.74) is 0.783. The highest BCUT2D eigenvalue weighted by molar-refractivity contribution is 7.99. The van der Waals surface area contributed by atoms with Crippen LogP contribution in [0.25, 0.3) is 0 Å². The minimum absolute atomic E-state index is 0.243. The van der Waals surface area contributed by atoms with Crippen molar-refractivity contribution < 1.29 is 13.2 Å². The molecule has 0 heterocycles. The van der Waals surface area contributed by atoms with Crippen molar-refractivity contribution in [2.24, 2.45) is 0 Å². The Kier molecular flexibility index (Phi) is 6.35. The smallest absolute Gasteiger partial charge is 0.240 e. The van der Waals surface area contributed by atoms with Crippen molar-refractivity contribution in [3.63, 3.8) is 0 Å². The van der Waals surface area contributed by atoms with Crippen molar-refractivity contribution >= 4 is 33.4 Å². The first kappa shape index (κ1) is 18.1. The summed E-state index contributed by atoms with van der Waals surface area (Å²) in [6, 6.07) is 12.3. The average Bonchev–Trinajstić information content (AvgIpc) is 2.53. The molecule has 0 spiro atoms. The van der Waals surface area contributed by atoms with E-state index in [1.165, 1.54) is 0 Å². The van der Waals surface area contributed by atoms with Crippen molar-refractivity contribution in [3.05, 3.63) is 53.1 Å². The summed E-state index contributed by atoms with van der Waals surface area (Å²) in [6.45, 7) is 2.16. The van der Waals surface area contributed by atoms with Crippen molar-refractivity contribution in [2.45, 2.75) is 16.7 Å². The topological polar surface area (TPSA) is 55.4 Å². The normalized spacial score (nSPS) is 11.4. The minimum Gasteiger partial charge on any atom is -0.496 e. The molecule has 0 fully saturated rings. The van der Waals surface area contributed by atoms with Gasteiger partial charge in [-0.15, -0.1) is 11.8 Å². The maximum atomic E-state index is 12.3. The third-order valence-electron chi connectivity index (χ3n) is 3.15. The fraction of sp³-hybridized carbons (Fsp3) is 0.250. The van der Waals surface area contributed by atoms with Crippen molar-refractivity contribution in [1.82, 2.24) is 4.72 Å². The monoisotopic (exact) mass is 371 g/mol. The quantitative estimate of drug-likeness (QED) is 0.595. The van der Waals surface area contributed by atoms with Gasteiger partial charge in [-0.05, 0) is 55.0 Å². The molecule has 23 heavy (non-hydrogen) atoms. The molecule has 124 valence electrons. The molecular formula is C16H18ClNO3S2. The Labute approximate surface area is 146 Å². The van der Waals surface area contributed by atoms with E-state index in [0.717, 1.165) is 10.5 Å². The summed E-state index contributed by atoms with van der Waals surface area (Å²) in [4.78, 5) is 1.29. The van der Waals surface area contributed by atoms with E-state index in [1.807, 2.05) is 31.2 Å². The van der Waals surface area contributed by atoms with Crippen molar-refractivity contribution in [2.75, 3.05) is 19.4 Å². The summed E-state index contributed by atoms with van der Waals surface area (Å²) in [5.74, 6) is 1.30. The Bertz CT molecular complexity index is 761. The predicted molar refractivity (Wildman–Crippen MR) is 95.1 cm³/mol. The molecule has 0 aliphatic carbocycles. The van der Waals surface area contributed by atoms with Gasteiger partial charge in [0.25, 0.3) is 0 Å². The van der Waals surface area contributed by atoms with Crippen LogP contribution in [0.15, 0.2) is 52.3 Å². The summed E-state index contributed by atoms with van der Waals surface area (Å²) in [5, 5.41) is 0.685. The number of rotatable bonds is 7. The summed E-state index contributed by atoms with van der Waals surface area (Å²) in [7, 11) is -1.95. The van der Waals surface area contributed by atoms with Crippen LogP contribution in [-0.2, 0) is 10.0 Å². The van der Waals surface area contributed by atoms with E-state index in [2.05, 4.69) is 4.72 Å². The molecule has 0 unspecified atom stereocenters. The average molecular weight is 372 g/mol. The molecule has 2 aromatic rings. The number of benzene rings is 2. The number of nitrogens with one attached hydrogen (secondary N) is 1. The third kappa shape index (κ3) is 5.14. The molecule has 0 radical (unpaired) electrons. The van der Waals surface area contributed by atoms with Crippen LogP contribution < -0.4 is 9.46 Å². The molecule has 2 rings (SSSR count). The number of thioether (sulfide) groups is 1. The first-order chi connectivity index (χ1) is 10.9. The van der Waals surface area contributed by atoms with E-state index in [0.29, 0.717) is 23.1 Å². The van der Waals surface area contributed by atoms with Crippen LogP contribution >= 0.6 is 23.4 Å². The van der Waals surface area contributed by atoms with Crippen LogP contribution in [0.3, 0.4) is 0 Å². The Balaban J connectivity index is 1.91. The lowest BCUT2D eigenvalue weighted by Crippen LogP contribution is -2.26. The molecule has 4 nitrogen and oxygen atoms in total. The van der Waals surface area contributed by atoms with Gasteiger partial charge in [0.15, 0.2) is 0 Å². The molecule has 0 amide bonds. The largest absolute Gasteiger partial charge is 0.496 e. The first-order valence-corrected chi connectivity index (χ1v) is 9.80. The van der Waals surface area contributed by atoms with Gasteiger partial charge in [-0.1, -0.05) is 11.6 Å². The zero-order chi connectivity index (χ0) is 16.9. The van der Waals surface area contributed by atoms with Gasteiger partial charge in [-0.3, -0.25) is 0 Å². The summed E-state index contributed by atoms with van der Waals surface area (Å²) in [6.07, 6.45) is 0. The van der Waals surface area contributed by atoms with Crippen LogP contribution in [0.2, 0.25) is 5.02 Å². The second kappa shape index (κ2) is 8.06. The second-order valence-corrected chi connectivity index (χ2v) is 8.20. The van der Waals surface area contributed by atoms with E-state index >= 15 is 0 Å². The molecule has 0 atom stereocenters. The van der Waals surface area contributed by atoms with Gasteiger partial charge in [0.05, 0.1) is 12.0 Å². The standard InChI is InChI=1S/C16H18ClNO3S2/c1-12-11-15(7-8-16(12)21-2)23(19,20)18-9-10-22-14-5-3-13(17)4-6-14/h3-8,11,18H,9-10H2,1-2H3. The van der Waals surface area contributed by atoms with Crippen LogP contribution in [0, 0.1) is 6.92 Å². The fourth-order valence-electron chi connectivity index (χ4n) is 1.98. The van der Waals surface area contributed by atoms with E-state index in [1.54, 1.807) is 37.1 Å². The van der Waals surface area contributed by atoms with E-state index in [4.69, 9.17) is 16.3 Å². The highest BCUT2D eigenvalue weighted by atomic mass is 35.5. The molecule has 0 aromatic heterocycles. The van der Waals surface area contributed by atoms with E-state index in [9.17, 15) is 8.42 Å². The molecule has 2 aromatic carbocycles. The second-order valence-electron chi connectivity index (χ2n) is 4.83. The van der Waals surface area contributed by atoms with Gasteiger partial charge >= 0.3 is 0 Å². The number of sulfonamides is 1. The van der Waals surface area contributed by atoms with E-state index in [-0.39, 0.29) is 4.90 Å². The highest BCUT2D eigenvalue weighted by Crippen LogP contribution is 2.22. The lowest BCUT2D eigenvalue weighted by atomic mass is 10.2. The van der Waals surface area contributed by atoms with Gasteiger partial charge < -0.3 is 4.74 Å². The lowest BCUT2D eigenvalue weighted by molar-refractivity contribution is 0.411. The van der Waals surface area contributed by atoms with Crippen molar-refractivity contribution in [3.8, 4) is 5.75 Å². The molecule has 7 heteroatoms. The number of halogens is 1. The SMILES string of the molecule is COc1ccc(S(=O)(=O)NCCSc2ccc(Cl)cc2)cc1C. The number of hydrogen-bond acceptors (Lipinski definition) is 4. The number of ether oxygens (including phenoxy) is 1. The maximum absolute atomic E-state index is 12.3. The van der Waals surface area contributed by atoms with Gasteiger partial charge in [0, 0.05) is 22.2 Å². The number of hydrogen-bond donors (Lipinski definition) is 1. The summed E-state index contributed by atoms with van der Waals surface area (Å²) >= 11 is 7.39. The van der Waals surface area contributed by atoms with Crippen LogP contribution in [0.1, 0.15) is 5.56 Å². The van der Waals surface area contributed by atoms with Gasteiger partial charge in [0.1, 0.15) is 5.75 Å². The Morgan fingerprint density at radius 3 is 2.48 bits per heavy atom. The molecule has 0 bridgehead atoms.